The summed E-state index contributed by atoms with van der Waals surface area (Å²) in [5.74, 6) is -1.09. The third-order valence-electron chi connectivity index (χ3n) is 2.13. The van der Waals surface area contributed by atoms with Gasteiger partial charge in [0.2, 0.25) is 0 Å². The number of carbonyl (C=O) groups is 2. The van der Waals surface area contributed by atoms with Crippen molar-refractivity contribution in [2.24, 2.45) is 0 Å². The van der Waals surface area contributed by atoms with Gasteiger partial charge < -0.3 is 20.3 Å². The van der Waals surface area contributed by atoms with Gasteiger partial charge in [-0.2, -0.15) is 0 Å². The van der Waals surface area contributed by atoms with E-state index >= 15 is 0 Å². The number of hydrogen-bond donors (Lipinski definition) is 3. The molecule has 0 saturated heterocycles. The first kappa shape index (κ1) is 12.3. The van der Waals surface area contributed by atoms with Gasteiger partial charge in [-0.1, -0.05) is 12.7 Å². The van der Waals surface area contributed by atoms with E-state index in [1.807, 2.05) is 0 Å². The summed E-state index contributed by atoms with van der Waals surface area (Å²) in [6.45, 7) is 3.44. The highest BCUT2D eigenvalue weighted by Gasteiger charge is 2.30. The van der Waals surface area contributed by atoms with Gasteiger partial charge in [0.15, 0.2) is 0 Å². The maximum Gasteiger partial charge on any atom is 0.407 e. The van der Waals surface area contributed by atoms with Gasteiger partial charge in [-0.25, -0.2) is 9.59 Å². The molecule has 3 N–H and O–H groups in total. The third kappa shape index (κ3) is 3.09. The van der Waals surface area contributed by atoms with Gasteiger partial charge in [-0.3, -0.25) is 0 Å². The Kier molecular flexibility index (Phi) is 4.07. The van der Waals surface area contributed by atoms with Crippen LogP contribution in [0, 0.1) is 0 Å². The molecule has 0 fully saturated rings. The normalized spacial score (nSPS) is 23.4. The van der Waals surface area contributed by atoms with Crippen molar-refractivity contribution < 1.29 is 24.5 Å². The van der Waals surface area contributed by atoms with E-state index in [2.05, 4.69) is 16.6 Å². The minimum absolute atomic E-state index is 0.0634. The largest absolute Gasteiger partial charge is 0.478 e. The summed E-state index contributed by atoms with van der Waals surface area (Å²) in [5, 5.41) is 20.5. The van der Waals surface area contributed by atoms with Crippen LogP contribution in [0.1, 0.15) is 6.42 Å². The average Bonchev–Trinajstić information content (AvgIpc) is 2.57. The van der Waals surface area contributed by atoms with Crippen LogP contribution in [0.15, 0.2) is 24.3 Å². The fraction of sp³-hybridized carbons (Fsp3) is 0.400. The number of rotatable bonds is 4. The summed E-state index contributed by atoms with van der Waals surface area (Å²) >= 11 is 0. The van der Waals surface area contributed by atoms with Crippen LogP contribution >= 0.6 is 0 Å². The monoisotopic (exact) mass is 227 g/mol. The van der Waals surface area contributed by atoms with Crippen LogP contribution in [0.25, 0.3) is 0 Å². The molecule has 2 atom stereocenters. The number of ether oxygens (including phenoxy) is 1. The SMILES string of the molecule is C=CCOC(=O)N[C@@H]1CC(C(=O)O)=C[C@@H]1O. The number of nitrogens with one attached hydrogen (secondary N) is 1. The Morgan fingerprint density at radius 1 is 1.69 bits per heavy atom. The number of amides is 1. The molecule has 16 heavy (non-hydrogen) atoms. The molecule has 0 radical (unpaired) electrons. The molecule has 0 saturated carbocycles. The molecule has 0 aromatic carbocycles. The Labute approximate surface area is 92.2 Å². The number of hydrogen-bond acceptors (Lipinski definition) is 4. The van der Waals surface area contributed by atoms with Crippen molar-refractivity contribution >= 4 is 12.1 Å². The van der Waals surface area contributed by atoms with Gasteiger partial charge in [-0.15, -0.1) is 0 Å². The van der Waals surface area contributed by atoms with E-state index in [0.717, 1.165) is 0 Å². The van der Waals surface area contributed by atoms with Crippen molar-refractivity contribution in [1.29, 1.82) is 0 Å². The number of aliphatic carboxylic acids is 1. The number of aliphatic hydroxyl groups is 1. The van der Waals surface area contributed by atoms with E-state index in [1.54, 1.807) is 0 Å². The maximum absolute atomic E-state index is 11.1. The zero-order valence-electron chi connectivity index (χ0n) is 8.55. The van der Waals surface area contributed by atoms with Crippen molar-refractivity contribution in [3.8, 4) is 0 Å². The van der Waals surface area contributed by atoms with Crippen molar-refractivity contribution in [2.75, 3.05) is 6.61 Å². The highest BCUT2D eigenvalue weighted by Crippen LogP contribution is 2.19. The minimum atomic E-state index is -1.09. The quantitative estimate of drug-likeness (QED) is 0.589. The lowest BCUT2D eigenvalue weighted by molar-refractivity contribution is -0.132. The lowest BCUT2D eigenvalue weighted by Crippen LogP contribution is -2.40. The molecule has 1 aliphatic rings. The second kappa shape index (κ2) is 5.32. The van der Waals surface area contributed by atoms with Gasteiger partial charge in [0.1, 0.15) is 6.61 Å². The molecule has 1 amide bonds. The van der Waals surface area contributed by atoms with Crippen molar-refractivity contribution in [3.05, 3.63) is 24.3 Å². The first-order valence-electron chi connectivity index (χ1n) is 4.71. The standard InChI is InChI=1S/C10H13NO5/c1-2-3-16-10(15)11-7-4-6(9(13)14)5-8(7)12/h2,5,7-8,12H,1,3-4H2,(H,11,15)(H,13,14)/t7-,8+/m1/s1. The Morgan fingerprint density at radius 2 is 2.38 bits per heavy atom. The number of aliphatic hydroxyl groups excluding tert-OH is 1. The molecule has 0 unspecified atom stereocenters. The van der Waals surface area contributed by atoms with Crippen LogP contribution in [-0.4, -0.2) is 41.0 Å². The lowest BCUT2D eigenvalue weighted by atomic mass is 10.2. The number of alkyl carbamates (subject to hydrolysis) is 1. The summed E-state index contributed by atoms with van der Waals surface area (Å²) in [4.78, 5) is 21.7. The first-order chi connectivity index (χ1) is 7.54. The van der Waals surface area contributed by atoms with E-state index in [1.165, 1.54) is 12.2 Å². The summed E-state index contributed by atoms with van der Waals surface area (Å²) in [7, 11) is 0. The molecular weight excluding hydrogens is 214 g/mol. The predicted octanol–water partition coefficient (Wildman–Crippen LogP) is 0.0428. The Morgan fingerprint density at radius 3 is 2.88 bits per heavy atom. The fourth-order valence-corrected chi connectivity index (χ4v) is 1.37. The zero-order chi connectivity index (χ0) is 12.1. The summed E-state index contributed by atoms with van der Waals surface area (Å²) in [6.07, 6.45) is 0.998. The van der Waals surface area contributed by atoms with Gasteiger partial charge in [0, 0.05) is 12.0 Å². The smallest absolute Gasteiger partial charge is 0.407 e. The van der Waals surface area contributed by atoms with Crippen LogP contribution < -0.4 is 5.32 Å². The molecule has 1 rings (SSSR count). The maximum atomic E-state index is 11.1. The zero-order valence-corrected chi connectivity index (χ0v) is 8.55. The molecule has 0 aromatic rings. The van der Waals surface area contributed by atoms with Crippen molar-refractivity contribution in [1.82, 2.24) is 5.32 Å². The molecule has 0 bridgehead atoms. The number of carbonyl (C=O) groups excluding carboxylic acids is 1. The molecule has 0 heterocycles. The number of carboxylic acids is 1. The van der Waals surface area contributed by atoms with E-state index < -0.39 is 24.2 Å². The molecule has 1 aliphatic carbocycles. The van der Waals surface area contributed by atoms with E-state index in [0.29, 0.717) is 0 Å². The van der Waals surface area contributed by atoms with Crippen LogP contribution in [0.5, 0.6) is 0 Å². The van der Waals surface area contributed by atoms with Crippen LogP contribution in [0.2, 0.25) is 0 Å². The van der Waals surface area contributed by atoms with Gasteiger partial charge in [-0.05, 0) is 6.08 Å². The van der Waals surface area contributed by atoms with Crippen LogP contribution in [-0.2, 0) is 9.53 Å². The first-order valence-corrected chi connectivity index (χ1v) is 4.71. The third-order valence-corrected chi connectivity index (χ3v) is 2.13. The lowest BCUT2D eigenvalue weighted by Gasteiger charge is -2.15. The van der Waals surface area contributed by atoms with Gasteiger partial charge in [0.25, 0.3) is 0 Å². The van der Waals surface area contributed by atoms with Gasteiger partial charge in [0.05, 0.1) is 12.1 Å². The Bertz CT molecular complexity index is 336. The summed E-state index contributed by atoms with van der Waals surface area (Å²) < 4.78 is 4.65. The second-order valence-electron chi connectivity index (χ2n) is 3.33. The molecule has 6 nitrogen and oxygen atoms in total. The second-order valence-corrected chi connectivity index (χ2v) is 3.33. The fourth-order valence-electron chi connectivity index (χ4n) is 1.37. The van der Waals surface area contributed by atoms with Crippen molar-refractivity contribution in [3.63, 3.8) is 0 Å². The highest BCUT2D eigenvalue weighted by molar-refractivity contribution is 5.87. The topological polar surface area (TPSA) is 95.9 Å². The molecule has 0 aromatic heterocycles. The summed E-state index contributed by atoms with van der Waals surface area (Å²) in [6, 6.07) is -0.650. The Balaban J connectivity index is 2.44. The summed E-state index contributed by atoms with van der Waals surface area (Å²) in [5.41, 5.74) is 0.0847. The Hall–Kier alpha value is -1.82. The molecule has 6 heteroatoms. The average molecular weight is 227 g/mol. The molecular formula is C10H13NO5. The van der Waals surface area contributed by atoms with Gasteiger partial charge >= 0.3 is 12.1 Å². The predicted molar refractivity (Wildman–Crippen MR) is 54.8 cm³/mol. The molecule has 88 valence electrons. The van der Waals surface area contributed by atoms with E-state index in [-0.39, 0.29) is 18.6 Å². The number of carboxylic acid groups (broad SMARTS) is 1. The van der Waals surface area contributed by atoms with Crippen molar-refractivity contribution in [2.45, 2.75) is 18.6 Å². The minimum Gasteiger partial charge on any atom is -0.478 e. The van der Waals surface area contributed by atoms with Crippen LogP contribution in [0.3, 0.4) is 0 Å². The van der Waals surface area contributed by atoms with E-state index in [9.17, 15) is 14.7 Å². The van der Waals surface area contributed by atoms with E-state index in [4.69, 9.17) is 5.11 Å². The van der Waals surface area contributed by atoms with Crippen LogP contribution in [0.4, 0.5) is 4.79 Å². The molecule has 0 aliphatic heterocycles. The highest BCUT2D eigenvalue weighted by atomic mass is 16.5. The molecule has 0 spiro atoms.